The molecule has 0 saturated carbocycles. The minimum Gasteiger partial charge on any atom is -0.481 e. The number of halogens is 2. The van der Waals surface area contributed by atoms with Crippen molar-refractivity contribution in [3.63, 3.8) is 0 Å². The molecule has 1 aliphatic rings. The molecule has 1 N–H and O–H groups in total. The molecule has 0 unspecified atom stereocenters. The fourth-order valence-corrected chi connectivity index (χ4v) is 2.96. The lowest BCUT2D eigenvalue weighted by molar-refractivity contribution is -0.152. The molecule has 0 aromatic heterocycles. The number of amides is 1. The Morgan fingerprint density at radius 2 is 2.13 bits per heavy atom. The van der Waals surface area contributed by atoms with E-state index in [4.69, 9.17) is 4.74 Å². The van der Waals surface area contributed by atoms with Gasteiger partial charge in [-0.25, -0.2) is 8.78 Å². The Labute approximate surface area is 132 Å². The number of likely N-dealkylation sites (tertiary alicyclic amines) is 1. The van der Waals surface area contributed by atoms with Gasteiger partial charge in [-0.3, -0.25) is 9.59 Å². The highest BCUT2D eigenvalue weighted by Crippen LogP contribution is 2.37. The lowest BCUT2D eigenvalue weighted by Gasteiger charge is -2.40. The molecule has 7 heteroatoms. The van der Waals surface area contributed by atoms with Crippen LogP contribution in [-0.2, 0) is 14.3 Å². The average molecular weight is 327 g/mol. The smallest absolute Gasteiger partial charge is 0.308 e. The van der Waals surface area contributed by atoms with Gasteiger partial charge in [-0.15, -0.1) is 0 Å². The van der Waals surface area contributed by atoms with Crippen molar-refractivity contribution in [1.29, 1.82) is 0 Å². The number of carbonyl (C=O) groups is 2. The third-order valence-electron chi connectivity index (χ3n) is 4.06. The fraction of sp³-hybridized carbons (Fsp3) is 0.500. The summed E-state index contributed by atoms with van der Waals surface area (Å²) in [5.41, 5.74) is 0.293. The molecule has 0 radical (unpaired) electrons. The highest BCUT2D eigenvalue weighted by Gasteiger charge is 2.40. The molecule has 1 aliphatic heterocycles. The second-order valence-corrected chi connectivity index (χ2v) is 5.54. The highest BCUT2D eigenvalue weighted by molar-refractivity contribution is 5.81. The summed E-state index contributed by atoms with van der Waals surface area (Å²) in [6.45, 7) is 0.728. The molecular formula is C16H19F2NO4. The number of rotatable bonds is 6. The summed E-state index contributed by atoms with van der Waals surface area (Å²) in [4.78, 5) is 25.2. The molecule has 1 amide bonds. The maximum Gasteiger partial charge on any atom is 0.308 e. The zero-order valence-corrected chi connectivity index (χ0v) is 12.8. The molecule has 0 bridgehead atoms. The van der Waals surface area contributed by atoms with Crippen LogP contribution in [0.5, 0.6) is 0 Å². The number of carboxylic acid groups (broad SMARTS) is 1. The molecule has 1 aromatic carbocycles. The summed E-state index contributed by atoms with van der Waals surface area (Å²) < 4.78 is 31.7. The van der Waals surface area contributed by atoms with Crippen molar-refractivity contribution >= 4 is 11.9 Å². The number of carboxylic acids is 1. The molecule has 1 heterocycles. The van der Waals surface area contributed by atoms with Crippen molar-refractivity contribution in [2.24, 2.45) is 5.92 Å². The molecule has 1 saturated heterocycles. The first-order valence-corrected chi connectivity index (χ1v) is 7.42. The maximum atomic E-state index is 13.5. The fourth-order valence-electron chi connectivity index (χ4n) is 2.96. The van der Waals surface area contributed by atoms with E-state index >= 15 is 0 Å². The van der Waals surface area contributed by atoms with Crippen molar-refractivity contribution < 1.29 is 28.2 Å². The average Bonchev–Trinajstić information content (AvgIpc) is 2.51. The minimum atomic E-state index is -1.05. The van der Waals surface area contributed by atoms with Crippen LogP contribution in [0.3, 0.4) is 0 Å². The zero-order chi connectivity index (χ0) is 17.0. The van der Waals surface area contributed by atoms with E-state index in [1.165, 1.54) is 18.1 Å². The first-order valence-electron chi connectivity index (χ1n) is 7.42. The first kappa shape index (κ1) is 17.3. The number of aliphatic carboxylic acids is 1. The van der Waals surface area contributed by atoms with Gasteiger partial charge in [-0.2, -0.15) is 0 Å². The predicted octanol–water partition coefficient (Wildman–Crippen LogP) is 2.37. The Morgan fingerprint density at radius 1 is 1.39 bits per heavy atom. The summed E-state index contributed by atoms with van der Waals surface area (Å²) in [6, 6.07) is 2.45. The van der Waals surface area contributed by atoms with Crippen LogP contribution in [0.2, 0.25) is 0 Å². The van der Waals surface area contributed by atoms with E-state index in [0.717, 1.165) is 12.1 Å². The number of piperidine rings is 1. The number of carbonyl (C=O) groups excluding carboxylic acids is 1. The summed E-state index contributed by atoms with van der Waals surface area (Å²) in [5.74, 6) is -4.15. The number of hydrogen-bond donors (Lipinski definition) is 1. The molecule has 23 heavy (non-hydrogen) atoms. The van der Waals surface area contributed by atoms with Gasteiger partial charge >= 0.3 is 5.97 Å². The SMILES string of the molecule is COCCCN1C(=O)CC[C@@H](C(=O)O)[C@H]1c1ccc(F)c(F)c1. The second-order valence-electron chi connectivity index (χ2n) is 5.54. The number of benzene rings is 1. The monoisotopic (exact) mass is 327 g/mol. The van der Waals surface area contributed by atoms with Crippen LogP contribution in [0.4, 0.5) is 8.78 Å². The Kier molecular flexibility index (Phi) is 5.65. The van der Waals surface area contributed by atoms with Gasteiger partial charge in [0, 0.05) is 26.7 Å². The Bertz CT molecular complexity index is 593. The third kappa shape index (κ3) is 3.85. The standard InChI is InChI=1S/C16H19F2NO4/c1-23-8-2-7-19-14(20)6-4-11(16(21)22)15(19)10-3-5-12(17)13(18)9-10/h3,5,9,11,15H,2,4,6-8H2,1H3,(H,21,22)/t11-,15-/m1/s1. The quantitative estimate of drug-likeness (QED) is 0.815. The number of methoxy groups -OCH3 is 1. The number of hydrogen-bond acceptors (Lipinski definition) is 3. The van der Waals surface area contributed by atoms with Crippen LogP contribution >= 0.6 is 0 Å². The van der Waals surface area contributed by atoms with Gasteiger partial charge in [-0.05, 0) is 30.5 Å². The topological polar surface area (TPSA) is 66.8 Å². The van der Waals surface area contributed by atoms with Crippen molar-refractivity contribution in [3.8, 4) is 0 Å². The molecular weight excluding hydrogens is 308 g/mol. The van der Waals surface area contributed by atoms with E-state index in [1.807, 2.05) is 0 Å². The molecule has 126 valence electrons. The van der Waals surface area contributed by atoms with E-state index in [1.54, 1.807) is 0 Å². The summed E-state index contributed by atoms with van der Waals surface area (Å²) >= 11 is 0. The van der Waals surface area contributed by atoms with Crippen LogP contribution in [0.25, 0.3) is 0 Å². The predicted molar refractivity (Wildman–Crippen MR) is 77.7 cm³/mol. The van der Waals surface area contributed by atoms with Crippen LogP contribution in [0.1, 0.15) is 30.9 Å². The lowest BCUT2D eigenvalue weighted by Crippen LogP contribution is -2.46. The molecule has 0 spiro atoms. The second kappa shape index (κ2) is 7.50. The lowest BCUT2D eigenvalue weighted by atomic mass is 9.84. The van der Waals surface area contributed by atoms with Gasteiger partial charge in [0.15, 0.2) is 11.6 Å². The molecule has 0 aliphatic carbocycles. The normalized spacial score (nSPS) is 21.5. The Morgan fingerprint density at radius 3 is 2.74 bits per heavy atom. The minimum absolute atomic E-state index is 0.129. The summed E-state index contributed by atoms with van der Waals surface area (Å²) in [7, 11) is 1.53. The van der Waals surface area contributed by atoms with Gasteiger partial charge in [0.1, 0.15) is 0 Å². The van der Waals surface area contributed by atoms with Gasteiger partial charge in [0.2, 0.25) is 5.91 Å². The number of ether oxygens (including phenoxy) is 1. The van der Waals surface area contributed by atoms with Crippen LogP contribution in [0, 0.1) is 17.6 Å². The maximum absolute atomic E-state index is 13.5. The zero-order valence-electron chi connectivity index (χ0n) is 12.8. The van der Waals surface area contributed by atoms with Crippen molar-refractivity contribution in [2.45, 2.75) is 25.3 Å². The van der Waals surface area contributed by atoms with E-state index in [9.17, 15) is 23.5 Å². The van der Waals surface area contributed by atoms with Crippen LogP contribution in [-0.4, -0.2) is 42.1 Å². The molecule has 5 nitrogen and oxygen atoms in total. The van der Waals surface area contributed by atoms with Gasteiger partial charge < -0.3 is 14.7 Å². The Hall–Kier alpha value is -2.02. The molecule has 1 fully saturated rings. The van der Waals surface area contributed by atoms with Gasteiger partial charge in [-0.1, -0.05) is 6.07 Å². The van der Waals surface area contributed by atoms with Crippen LogP contribution in [0.15, 0.2) is 18.2 Å². The first-order chi connectivity index (χ1) is 11.0. The third-order valence-corrected chi connectivity index (χ3v) is 4.06. The van der Waals surface area contributed by atoms with Gasteiger partial charge in [0.25, 0.3) is 0 Å². The largest absolute Gasteiger partial charge is 0.481 e. The van der Waals surface area contributed by atoms with Gasteiger partial charge in [0.05, 0.1) is 12.0 Å². The van der Waals surface area contributed by atoms with E-state index in [0.29, 0.717) is 25.1 Å². The van der Waals surface area contributed by atoms with E-state index < -0.39 is 29.6 Å². The summed E-state index contributed by atoms with van der Waals surface area (Å²) in [6.07, 6.45) is 0.845. The summed E-state index contributed by atoms with van der Waals surface area (Å²) in [5, 5.41) is 9.44. The van der Waals surface area contributed by atoms with Crippen molar-refractivity contribution in [3.05, 3.63) is 35.4 Å². The van der Waals surface area contributed by atoms with Crippen molar-refractivity contribution in [1.82, 2.24) is 4.90 Å². The molecule has 1 aromatic rings. The molecule has 2 rings (SSSR count). The highest BCUT2D eigenvalue weighted by atomic mass is 19.2. The number of nitrogens with zero attached hydrogens (tertiary/aromatic N) is 1. The Balaban J connectivity index is 2.36. The van der Waals surface area contributed by atoms with Crippen molar-refractivity contribution in [2.75, 3.05) is 20.3 Å². The van der Waals surface area contributed by atoms with E-state index in [2.05, 4.69) is 0 Å². The van der Waals surface area contributed by atoms with E-state index in [-0.39, 0.29) is 18.7 Å². The van der Waals surface area contributed by atoms with Crippen LogP contribution < -0.4 is 0 Å². The molecule has 2 atom stereocenters.